The first-order chi connectivity index (χ1) is 13.2. The summed E-state index contributed by atoms with van der Waals surface area (Å²) in [5, 5.41) is 4.11. The van der Waals surface area contributed by atoms with Crippen molar-refractivity contribution in [3.63, 3.8) is 0 Å². The predicted molar refractivity (Wildman–Crippen MR) is 111 cm³/mol. The number of aromatic nitrogens is 1. The van der Waals surface area contributed by atoms with Gasteiger partial charge in [0, 0.05) is 24.8 Å². The molecule has 1 unspecified atom stereocenters. The Morgan fingerprint density at radius 3 is 2.57 bits per heavy atom. The number of anilines is 3. The lowest BCUT2D eigenvalue weighted by atomic mass is 10.2. The third kappa shape index (κ3) is 3.88. The number of primary amides is 1. The molecule has 2 aromatic rings. The highest BCUT2D eigenvalue weighted by molar-refractivity contribution is 6.44. The normalized spacial score (nSPS) is 16.3. The molecule has 2 heterocycles. The van der Waals surface area contributed by atoms with E-state index in [9.17, 15) is 9.59 Å². The first-order valence-corrected chi connectivity index (χ1v) is 9.28. The van der Waals surface area contributed by atoms with Gasteiger partial charge < -0.3 is 26.7 Å². The van der Waals surface area contributed by atoms with Crippen molar-refractivity contribution in [2.75, 3.05) is 28.3 Å². The fourth-order valence-electron chi connectivity index (χ4n) is 3.08. The number of nitrogens with two attached hydrogens (primary N) is 3. The van der Waals surface area contributed by atoms with Crippen LogP contribution in [0.25, 0.3) is 0 Å². The van der Waals surface area contributed by atoms with E-state index < -0.39 is 11.9 Å². The molecule has 0 bridgehead atoms. The second-order valence-corrected chi connectivity index (χ2v) is 7.37. The Morgan fingerprint density at radius 1 is 1.32 bits per heavy atom. The van der Waals surface area contributed by atoms with Crippen molar-refractivity contribution in [1.82, 2.24) is 4.98 Å². The van der Waals surface area contributed by atoms with Crippen LogP contribution in [-0.4, -0.2) is 36.1 Å². The summed E-state index contributed by atoms with van der Waals surface area (Å²) in [7, 11) is 0. The highest BCUT2D eigenvalue weighted by atomic mass is 35.5. The van der Waals surface area contributed by atoms with E-state index >= 15 is 0 Å². The molecule has 150 valence electrons. The molecule has 1 atom stereocenters. The number of hydrogen-bond donors (Lipinski definition) is 5. The van der Waals surface area contributed by atoms with Gasteiger partial charge in [-0.25, -0.2) is 15.6 Å². The molecule has 0 aliphatic carbocycles. The molecular weight excluding hydrogens is 405 g/mol. The Hall–Kier alpha value is -2.46. The van der Waals surface area contributed by atoms with Crippen molar-refractivity contribution in [3.8, 4) is 0 Å². The van der Waals surface area contributed by atoms with Gasteiger partial charge in [-0.1, -0.05) is 23.2 Å². The fraction of sp³-hybridized carbons (Fsp3) is 0.294. The van der Waals surface area contributed by atoms with Crippen LogP contribution in [0.2, 0.25) is 10.0 Å². The molecule has 28 heavy (non-hydrogen) atoms. The Bertz CT molecular complexity index is 930. The van der Waals surface area contributed by atoms with Gasteiger partial charge in [0.1, 0.15) is 5.69 Å². The van der Waals surface area contributed by atoms with Gasteiger partial charge in [-0.05, 0) is 31.5 Å². The lowest BCUT2D eigenvalue weighted by Gasteiger charge is -2.24. The molecule has 3 amide bonds. The van der Waals surface area contributed by atoms with Gasteiger partial charge in [-0.15, -0.1) is 0 Å². The molecule has 0 radical (unpaired) electrons. The van der Waals surface area contributed by atoms with Crippen molar-refractivity contribution < 1.29 is 9.59 Å². The summed E-state index contributed by atoms with van der Waals surface area (Å²) >= 11 is 12.2. The van der Waals surface area contributed by atoms with Crippen LogP contribution in [0, 0.1) is 6.92 Å². The van der Waals surface area contributed by atoms with Crippen molar-refractivity contribution in [1.29, 1.82) is 0 Å². The minimum absolute atomic E-state index is 0.0108. The number of benzene rings is 1. The molecule has 0 saturated carbocycles. The lowest BCUT2D eigenvalue weighted by molar-refractivity contribution is 0.102. The number of carbonyl (C=O) groups excluding carboxylic acids is 2. The molecule has 1 fully saturated rings. The maximum Gasteiger partial charge on any atom is 0.333 e. The molecule has 11 heteroatoms. The number of amides is 3. The molecule has 1 aliphatic rings. The highest BCUT2D eigenvalue weighted by Gasteiger charge is 2.25. The smallest absolute Gasteiger partial charge is 0.333 e. The van der Waals surface area contributed by atoms with E-state index in [1.165, 1.54) is 0 Å². The summed E-state index contributed by atoms with van der Waals surface area (Å²) in [6.45, 7) is 3.01. The number of H-pyrrole nitrogens is 1. The Morgan fingerprint density at radius 2 is 2.04 bits per heavy atom. The minimum atomic E-state index is -0.802. The molecule has 8 N–H and O–H groups in total. The zero-order valence-corrected chi connectivity index (χ0v) is 16.6. The Labute approximate surface area is 171 Å². The van der Waals surface area contributed by atoms with E-state index in [1.54, 1.807) is 25.1 Å². The number of aryl methyl sites for hydroxylation is 1. The van der Waals surface area contributed by atoms with Gasteiger partial charge in [0.25, 0.3) is 5.91 Å². The summed E-state index contributed by atoms with van der Waals surface area (Å²) < 4.78 is 0. The highest BCUT2D eigenvalue weighted by Crippen LogP contribution is 2.34. The van der Waals surface area contributed by atoms with Gasteiger partial charge >= 0.3 is 6.03 Å². The number of halogens is 2. The van der Waals surface area contributed by atoms with E-state index in [4.69, 9.17) is 40.5 Å². The molecule has 1 aromatic carbocycles. The molecule has 1 aromatic heterocycles. The number of aromatic amines is 1. The van der Waals surface area contributed by atoms with Crippen molar-refractivity contribution >= 4 is 52.2 Å². The third-order valence-corrected chi connectivity index (χ3v) is 5.54. The van der Waals surface area contributed by atoms with Crippen LogP contribution in [0.5, 0.6) is 0 Å². The lowest BCUT2D eigenvalue weighted by Crippen LogP contribution is -2.41. The van der Waals surface area contributed by atoms with E-state index in [-0.39, 0.29) is 16.8 Å². The largest absolute Gasteiger partial charge is 0.368 e. The van der Waals surface area contributed by atoms with Crippen molar-refractivity contribution in [3.05, 3.63) is 39.6 Å². The van der Waals surface area contributed by atoms with E-state index in [0.29, 0.717) is 40.9 Å². The second kappa shape index (κ2) is 7.88. The van der Waals surface area contributed by atoms with E-state index in [2.05, 4.69) is 10.3 Å². The number of urea groups is 1. The number of hydrogen-bond acceptors (Lipinski definition) is 5. The topological polar surface area (TPSA) is 146 Å². The molecule has 0 spiro atoms. The Kier molecular flexibility index (Phi) is 5.71. The maximum absolute atomic E-state index is 12.7. The summed E-state index contributed by atoms with van der Waals surface area (Å²) in [5.74, 6) is 5.26. The first-order valence-electron chi connectivity index (χ1n) is 8.52. The average Bonchev–Trinajstić information content (AvgIpc) is 3.20. The summed E-state index contributed by atoms with van der Waals surface area (Å²) in [6.07, 6.45) is 0.803. The van der Waals surface area contributed by atoms with Crippen LogP contribution in [-0.2, 0) is 0 Å². The molecule has 3 rings (SSSR count). The van der Waals surface area contributed by atoms with Crippen molar-refractivity contribution in [2.24, 2.45) is 17.3 Å². The van der Waals surface area contributed by atoms with Crippen LogP contribution in [0.15, 0.2) is 18.2 Å². The van der Waals surface area contributed by atoms with Gasteiger partial charge in [0.05, 0.1) is 27.1 Å². The van der Waals surface area contributed by atoms with Gasteiger partial charge in [0.2, 0.25) is 0 Å². The number of carbonyl (C=O) groups is 2. The van der Waals surface area contributed by atoms with Crippen LogP contribution < -0.4 is 32.5 Å². The fourth-order valence-corrected chi connectivity index (χ4v) is 3.50. The quantitative estimate of drug-likeness (QED) is 0.289. The molecule has 9 nitrogen and oxygen atoms in total. The summed E-state index contributed by atoms with van der Waals surface area (Å²) in [6, 6.07) is 4.10. The van der Waals surface area contributed by atoms with Gasteiger partial charge in [-0.3, -0.25) is 4.79 Å². The minimum Gasteiger partial charge on any atom is -0.368 e. The zero-order valence-electron chi connectivity index (χ0n) is 15.1. The van der Waals surface area contributed by atoms with Crippen molar-refractivity contribution in [2.45, 2.75) is 19.4 Å². The standard InChI is InChI=1S/C17H21Cl2N7O2/c1-8-13(18)14(19)15(23-8)16(27)24-11-3-2-10(26(22)17(21)28)6-12(11)25-5-4-9(20)7-25/h2-3,6,9,23H,4-5,7,20,22H2,1H3,(H2,21,28)(H,24,27). The molecule has 1 saturated heterocycles. The maximum atomic E-state index is 12.7. The molecular formula is C17H21Cl2N7O2. The number of rotatable bonds is 4. The van der Waals surface area contributed by atoms with Crippen LogP contribution in [0.4, 0.5) is 21.9 Å². The van der Waals surface area contributed by atoms with Gasteiger partial charge in [0.15, 0.2) is 0 Å². The Balaban J connectivity index is 1.96. The second-order valence-electron chi connectivity index (χ2n) is 6.61. The van der Waals surface area contributed by atoms with Crippen LogP contribution in [0.1, 0.15) is 22.6 Å². The monoisotopic (exact) mass is 425 g/mol. The zero-order chi connectivity index (χ0) is 20.6. The summed E-state index contributed by atoms with van der Waals surface area (Å²) in [5.41, 5.74) is 13.6. The van der Waals surface area contributed by atoms with Crippen LogP contribution >= 0.6 is 23.2 Å². The predicted octanol–water partition coefficient (Wildman–Crippen LogP) is 2.18. The summed E-state index contributed by atoms with van der Waals surface area (Å²) in [4.78, 5) is 29.0. The number of hydrazine groups is 1. The number of nitrogens with zero attached hydrogens (tertiary/aromatic N) is 2. The molecule has 1 aliphatic heterocycles. The van der Waals surface area contributed by atoms with Gasteiger partial charge in [-0.2, -0.15) is 0 Å². The third-order valence-electron chi connectivity index (χ3n) is 4.59. The number of nitrogens with one attached hydrogen (secondary N) is 2. The van der Waals surface area contributed by atoms with E-state index in [1.807, 2.05) is 4.90 Å². The SMILES string of the molecule is Cc1[nH]c(C(=O)Nc2ccc(N(N)C(N)=O)cc2N2CCC(N)C2)c(Cl)c1Cl. The first kappa shape index (κ1) is 20.3. The van der Waals surface area contributed by atoms with Crippen LogP contribution in [0.3, 0.4) is 0 Å². The van der Waals surface area contributed by atoms with E-state index in [0.717, 1.165) is 11.4 Å². The average molecular weight is 426 g/mol.